The number of amides is 1. The predicted molar refractivity (Wildman–Crippen MR) is 86.0 cm³/mol. The Bertz CT molecular complexity index is 696. The predicted octanol–water partition coefficient (Wildman–Crippen LogP) is 4.18. The van der Waals surface area contributed by atoms with E-state index in [1.165, 1.54) is 6.42 Å². The molecule has 0 radical (unpaired) electrons. The van der Waals surface area contributed by atoms with E-state index in [4.69, 9.17) is 16.1 Å². The van der Waals surface area contributed by atoms with Gasteiger partial charge in [0.05, 0.1) is 5.02 Å². The molecule has 0 spiro atoms. The summed E-state index contributed by atoms with van der Waals surface area (Å²) in [7, 11) is 0. The quantitative estimate of drug-likeness (QED) is 0.834. The molecule has 1 saturated heterocycles. The third kappa shape index (κ3) is 2.75. The first-order valence-electron chi connectivity index (χ1n) is 7.58. The van der Waals surface area contributed by atoms with Gasteiger partial charge in [0.1, 0.15) is 17.0 Å². The van der Waals surface area contributed by atoms with Crippen LogP contribution in [0.1, 0.15) is 35.9 Å². The van der Waals surface area contributed by atoms with Gasteiger partial charge in [-0.25, -0.2) is 0 Å². The first kappa shape index (κ1) is 15.1. The molecule has 1 aromatic carbocycles. The average Bonchev–Trinajstić information content (AvgIpc) is 2.88. The third-order valence-electron chi connectivity index (χ3n) is 4.15. The van der Waals surface area contributed by atoms with E-state index in [1.807, 2.05) is 23.1 Å². The molecular formula is C17H19ClN2O2. The van der Waals surface area contributed by atoms with E-state index in [0.717, 1.165) is 25.1 Å². The first-order valence-corrected chi connectivity index (χ1v) is 7.96. The Labute approximate surface area is 135 Å². The van der Waals surface area contributed by atoms with Crippen LogP contribution in [0.25, 0.3) is 11.3 Å². The summed E-state index contributed by atoms with van der Waals surface area (Å²) in [5.41, 5.74) is 1.79. The Morgan fingerprint density at radius 2 is 2.18 bits per heavy atom. The van der Waals surface area contributed by atoms with Crippen LogP contribution in [0.3, 0.4) is 0 Å². The molecule has 1 atom stereocenters. The van der Waals surface area contributed by atoms with Crippen LogP contribution in [-0.2, 0) is 0 Å². The van der Waals surface area contributed by atoms with Gasteiger partial charge in [0.25, 0.3) is 5.91 Å². The van der Waals surface area contributed by atoms with Crippen molar-refractivity contribution in [2.45, 2.75) is 26.7 Å². The topological polar surface area (TPSA) is 46.3 Å². The zero-order valence-corrected chi connectivity index (χ0v) is 13.6. The van der Waals surface area contributed by atoms with Gasteiger partial charge in [0.2, 0.25) is 0 Å². The van der Waals surface area contributed by atoms with Crippen LogP contribution in [0.15, 0.2) is 28.8 Å². The number of hydrogen-bond donors (Lipinski definition) is 0. The highest BCUT2D eigenvalue weighted by atomic mass is 35.5. The SMILES string of the molecule is Cc1onc(-c2ccccc2Cl)c1C(=O)N1CCC[C@H](C)C1. The molecule has 22 heavy (non-hydrogen) atoms. The van der Waals surface area contributed by atoms with Crippen LogP contribution in [0.5, 0.6) is 0 Å². The van der Waals surface area contributed by atoms with Gasteiger partial charge in [-0.3, -0.25) is 4.79 Å². The number of halogens is 1. The summed E-state index contributed by atoms with van der Waals surface area (Å²) in [5, 5.41) is 4.64. The fourth-order valence-electron chi connectivity index (χ4n) is 2.99. The van der Waals surface area contributed by atoms with E-state index in [0.29, 0.717) is 28.0 Å². The Kier molecular flexibility index (Phi) is 4.21. The Morgan fingerprint density at radius 1 is 1.41 bits per heavy atom. The molecule has 1 aliphatic heterocycles. The van der Waals surface area contributed by atoms with Crippen molar-refractivity contribution in [2.24, 2.45) is 5.92 Å². The maximum Gasteiger partial charge on any atom is 0.259 e. The summed E-state index contributed by atoms with van der Waals surface area (Å²) in [5.74, 6) is 1.06. The number of piperidine rings is 1. The van der Waals surface area contributed by atoms with Crippen molar-refractivity contribution in [3.8, 4) is 11.3 Å². The zero-order valence-electron chi connectivity index (χ0n) is 12.8. The van der Waals surface area contributed by atoms with Gasteiger partial charge in [0.15, 0.2) is 0 Å². The highest BCUT2D eigenvalue weighted by molar-refractivity contribution is 6.33. The molecule has 0 bridgehead atoms. The molecule has 1 aliphatic rings. The van der Waals surface area contributed by atoms with E-state index in [2.05, 4.69) is 12.1 Å². The Morgan fingerprint density at radius 3 is 2.91 bits per heavy atom. The average molecular weight is 319 g/mol. The molecule has 2 aromatic rings. The van der Waals surface area contributed by atoms with Gasteiger partial charge in [0, 0.05) is 18.7 Å². The second kappa shape index (κ2) is 6.13. The second-order valence-corrected chi connectivity index (χ2v) is 6.35. The van der Waals surface area contributed by atoms with Crippen molar-refractivity contribution in [1.29, 1.82) is 0 Å². The summed E-state index contributed by atoms with van der Waals surface area (Å²) in [6, 6.07) is 7.38. The van der Waals surface area contributed by atoms with Crippen LogP contribution in [0.2, 0.25) is 5.02 Å². The molecule has 0 unspecified atom stereocenters. The molecule has 1 amide bonds. The maximum absolute atomic E-state index is 12.9. The van der Waals surface area contributed by atoms with E-state index in [-0.39, 0.29) is 5.91 Å². The highest BCUT2D eigenvalue weighted by Gasteiger charge is 2.29. The largest absolute Gasteiger partial charge is 0.360 e. The monoisotopic (exact) mass is 318 g/mol. The molecule has 0 saturated carbocycles. The van der Waals surface area contributed by atoms with E-state index in [1.54, 1.807) is 13.0 Å². The second-order valence-electron chi connectivity index (χ2n) is 5.94. The molecule has 0 N–H and O–H groups in total. The fourth-order valence-corrected chi connectivity index (χ4v) is 3.22. The summed E-state index contributed by atoms with van der Waals surface area (Å²) in [6.45, 7) is 5.52. The summed E-state index contributed by atoms with van der Waals surface area (Å²) in [4.78, 5) is 14.8. The number of carbonyl (C=O) groups is 1. The van der Waals surface area contributed by atoms with Crippen LogP contribution in [0, 0.1) is 12.8 Å². The third-order valence-corrected chi connectivity index (χ3v) is 4.48. The lowest BCUT2D eigenvalue weighted by Gasteiger charge is -2.30. The van der Waals surface area contributed by atoms with E-state index in [9.17, 15) is 4.79 Å². The maximum atomic E-state index is 12.9. The number of aryl methyl sites for hydroxylation is 1. The van der Waals surface area contributed by atoms with Crippen molar-refractivity contribution in [3.63, 3.8) is 0 Å². The summed E-state index contributed by atoms with van der Waals surface area (Å²) >= 11 is 6.25. The first-order chi connectivity index (χ1) is 10.6. The van der Waals surface area contributed by atoms with Crippen molar-refractivity contribution in [1.82, 2.24) is 10.1 Å². The molecule has 4 nitrogen and oxygen atoms in total. The standard InChI is InChI=1S/C17H19ClN2O2/c1-11-6-5-9-20(10-11)17(21)15-12(2)22-19-16(15)13-7-3-4-8-14(13)18/h3-4,7-8,11H,5-6,9-10H2,1-2H3/t11-/m0/s1. The van der Waals surface area contributed by atoms with Crippen molar-refractivity contribution in [3.05, 3.63) is 40.6 Å². The van der Waals surface area contributed by atoms with Crippen molar-refractivity contribution in [2.75, 3.05) is 13.1 Å². The number of benzene rings is 1. The van der Waals surface area contributed by atoms with Gasteiger partial charge in [-0.05, 0) is 31.7 Å². The van der Waals surface area contributed by atoms with Gasteiger partial charge in [-0.1, -0.05) is 41.9 Å². The molecule has 1 aromatic heterocycles. The van der Waals surface area contributed by atoms with Gasteiger partial charge >= 0.3 is 0 Å². The van der Waals surface area contributed by atoms with Gasteiger partial charge in [-0.2, -0.15) is 0 Å². The number of carbonyl (C=O) groups excluding carboxylic acids is 1. The molecule has 3 rings (SSSR count). The normalized spacial score (nSPS) is 18.5. The number of likely N-dealkylation sites (tertiary alicyclic amines) is 1. The minimum absolute atomic E-state index is 0.0137. The molecular weight excluding hydrogens is 300 g/mol. The van der Waals surface area contributed by atoms with Crippen molar-refractivity contribution < 1.29 is 9.32 Å². The zero-order chi connectivity index (χ0) is 15.7. The lowest BCUT2D eigenvalue weighted by Crippen LogP contribution is -2.39. The minimum atomic E-state index is -0.0137. The number of hydrogen-bond acceptors (Lipinski definition) is 3. The number of nitrogens with zero attached hydrogens (tertiary/aromatic N) is 2. The van der Waals surface area contributed by atoms with Crippen LogP contribution in [-0.4, -0.2) is 29.1 Å². The summed E-state index contributed by atoms with van der Waals surface area (Å²) < 4.78 is 5.29. The van der Waals surface area contributed by atoms with Gasteiger partial charge < -0.3 is 9.42 Å². The highest BCUT2D eigenvalue weighted by Crippen LogP contribution is 2.32. The molecule has 5 heteroatoms. The molecule has 2 heterocycles. The number of rotatable bonds is 2. The Balaban J connectivity index is 1.99. The summed E-state index contributed by atoms with van der Waals surface area (Å²) in [6.07, 6.45) is 2.21. The number of aromatic nitrogens is 1. The molecule has 116 valence electrons. The molecule has 1 fully saturated rings. The van der Waals surface area contributed by atoms with E-state index >= 15 is 0 Å². The minimum Gasteiger partial charge on any atom is -0.360 e. The van der Waals surface area contributed by atoms with Crippen LogP contribution < -0.4 is 0 Å². The fraction of sp³-hybridized carbons (Fsp3) is 0.412. The Hall–Kier alpha value is -1.81. The van der Waals surface area contributed by atoms with Crippen LogP contribution >= 0.6 is 11.6 Å². The van der Waals surface area contributed by atoms with Gasteiger partial charge in [-0.15, -0.1) is 0 Å². The lowest BCUT2D eigenvalue weighted by molar-refractivity contribution is 0.0682. The van der Waals surface area contributed by atoms with Crippen molar-refractivity contribution >= 4 is 17.5 Å². The van der Waals surface area contributed by atoms with Crippen LogP contribution in [0.4, 0.5) is 0 Å². The smallest absolute Gasteiger partial charge is 0.259 e. The lowest BCUT2D eigenvalue weighted by atomic mass is 9.98. The molecule has 0 aliphatic carbocycles. The van der Waals surface area contributed by atoms with E-state index < -0.39 is 0 Å².